The van der Waals surface area contributed by atoms with Crippen molar-refractivity contribution in [2.45, 2.75) is 70.9 Å². The molecule has 5 nitrogen and oxygen atoms in total. The lowest BCUT2D eigenvalue weighted by Gasteiger charge is -2.24. The van der Waals surface area contributed by atoms with Gasteiger partial charge in [-0.1, -0.05) is 36.6 Å². The Kier molecular flexibility index (Phi) is 6.33. The van der Waals surface area contributed by atoms with Crippen LogP contribution in [0.25, 0.3) is 11.0 Å². The first-order chi connectivity index (χ1) is 16.0. The van der Waals surface area contributed by atoms with Crippen LogP contribution in [-0.4, -0.2) is 39.6 Å². The molecule has 1 amide bonds. The van der Waals surface area contributed by atoms with Gasteiger partial charge < -0.3 is 14.2 Å². The number of para-hydroxylation sites is 2. The highest BCUT2D eigenvalue weighted by Crippen LogP contribution is 2.35. The molecule has 0 N–H and O–H groups in total. The number of aryl methyl sites for hydroxylation is 3. The van der Waals surface area contributed by atoms with Crippen LogP contribution >= 0.6 is 11.6 Å². The number of likely N-dealkylation sites (tertiary alicyclic amines) is 1. The highest BCUT2D eigenvalue weighted by Gasteiger charge is 2.38. The van der Waals surface area contributed by atoms with Crippen LogP contribution in [-0.2, 0) is 11.3 Å². The fourth-order valence-electron chi connectivity index (χ4n) is 5.52. The van der Waals surface area contributed by atoms with Gasteiger partial charge in [-0.15, -0.1) is 0 Å². The van der Waals surface area contributed by atoms with Crippen molar-refractivity contribution in [1.29, 1.82) is 0 Å². The number of ether oxygens (including phenoxy) is 1. The summed E-state index contributed by atoms with van der Waals surface area (Å²) in [6, 6.07) is 12.7. The summed E-state index contributed by atoms with van der Waals surface area (Å²) in [6.45, 7) is 6.24. The molecule has 2 aromatic carbocycles. The summed E-state index contributed by atoms with van der Waals surface area (Å²) in [5.74, 6) is 2.36. The summed E-state index contributed by atoms with van der Waals surface area (Å²) in [6.07, 6.45) is 6.21. The Hall–Kier alpha value is -2.53. The number of aromatic nitrogens is 2. The van der Waals surface area contributed by atoms with Crippen molar-refractivity contribution in [2.24, 2.45) is 0 Å². The SMILES string of the molecule is Cc1cc(OCCCn2c(C3CC(=O)N(C4CCCC4)C3)nc3ccccc32)cc(C)c1Cl. The third-order valence-corrected chi connectivity index (χ3v) is 7.77. The molecule has 33 heavy (non-hydrogen) atoms. The molecule has 6 heteroatoms. The molecule has 1 aliphatic heterocycles. The first-order valence-corrected chi connectivity index (χ1v) is 12.5. The maximum atomic E-state index is 12.8. The van der Waals surface area contributed by atoms with Crippen molar-refractivity contribution >= 4 is 28.5 Å². The zero-order valence-electron chi connectivity index (χ0n) is 19.5. The monoisotopic (exact) mass is 465 g/mol. The van der Waals surface area contributed by atoms with E-state index in [0.717, 1.165) is 71.1 Å². The topological polar surface area (TPSA) is 47.4 Å². The number of hydrogen-bond donors (Lipinski definition) is 0. The van der Waals surface area contributed by atoms with E-state index in [9.17, 15) is 4.79 Å². The maximum absolute atomic E-state index is 12.8. The normalized spacial score (nSPS) is 19.2. The molecule has 1 aromatic heterocycles. The highest BCUT2D eigenvalue weighted by atomic mass is 35.5. The van der Waals surface area contributed by atoms with Crippen molar-refractivity contribution in [2.75, 3.05) is 13.2 Å². The van der Waals surface area contributed by atoms with E-state index >= 15 is 0 Å². The Balaban J connectivity index is 1.31. The minimum absolute atomic E-state index is 0.160. The molecular weight excluding hydrogens is 434 g/mol. The molecule has 2 aliphatic rings. The summed E-state index contributed by atoms with van der Waals surface area (Å²) in [4.78, 5) is 20.0. The van der Waals surface area contributed by atoms with Gasteiger partial charge in [0.15, 0.2) is 0 Å². The van der Waals surface area contributed by atoms with Crippen LogP contribution in [0.3, 0.4) is 0 Å². The van der Waals surface area contributed by atoms with E-state index in [1.165, 1.54) is 12.8 Å². The predicted octanol–water partition coefficient (Wildman–Crippen LogP) is 6.03. The summed E-state index contributed by atoms with van der Waals surface area (Å²) in [5.41, 5.74) is 4.21. The van der Waals surface area contributed by atoms with Gasteiger partial charge in [0.25, 0.3) is 0 Å². The van der Waals surface area contributed by atoms with Gasteiger partial charge in [-0.2, -0.15) is 0 Å². The van der Waals surface area contributed by atoms with E-state index in [0.29, 0.717) is 25.0 Å². The molecule has 0 bridgehead atoms. The molecule has 2 fully saturated rings. The van der Waals surface area contributed by atoms with Gasteiger partial charge in [-0.3, -0.25) is 4.79 Å². The Morgan fingerprint density at radius 3 is 2.61 bits per heavy atom. The molecule has 0 spiro atoms. The van der Waals surface area contributed by atoms with Crippen molar-refractivity contribution in [3.63, 3.8) is 0 Å². The third kappa shape index (κ3) is 4.48. The van der Waals surface area contributed by atoms with Crippen LogP contribution in [0.5, 0.6) is 5.75 Å². The van der Waals surface area contributed by atoms with Gasteiger partial charge in [-0.25, -0.2) is 4.98 Å². The molecule has 2 heterocycles. The number of halogens is 1. The Labute approximate surface area is 200 Å². The summed E-state index contributed by atoms with van der Waals surface area (Å²) >= 11 is 6.28. The van der Waals surface area contributed by atoms with Gasteiger partial charge in [0.1, 0.15) is 11.6 Å². The van der Waals surface area contributed by atoms with E-state index in [1.807, 2.05) is 32.0 Å². The molecule has 1 saturated carbocycles. The van der Waals surface area contributed by atoms with Crippen LogP contribution in [0.15, 0.2) is 36.4 Å². The average Bonchev–Trinajstić information content (AvgIpc) is 3.53. The van der Waals surface area contributed by atoms with Crippen LogP contribution < -0.4 is 4.74 Å². The lowest BCUT2D eigenvalue weighted by molar-refractivity contribution is -0.129. The van der Waals surface area contributed by atoms with Crippen LogP contribution in [0.2, 0.25) is 5.02 Å². The Bertz CT molecular complexity index is 1140. The van der Waals surface area contributed by atoms with Crippen molar-refractivity contribution < 1.29 is 9.53 Å². The van der Waals surface area contributed by atoms with Gasteiger partial charge in [0.2, 0.25) is 5.91 Å². The summed E-state index contributed by atoms with van der Waals surface area (Å²) in [7, 11) is 0. The number of hydrogen-bond acceptors (Lipinski definition) is 3. The molecular formula is C27H32ClN3O2. The van der Waals surface area contributed by atoms with E-state index in [2.05, 4.69) is 27.7 Å². The molecule has 174 valence electrons. The van der Waals surface area contributed by atoms with Gasteiger partial charge in [0.05, 0.1) is 17.6 Å². The number of carbonyl (C=O) groups excluding carboxylic acids is 1. The van der Waals surface area contributed by atoms with Crippen molar-refractivity contribution in [1.82, 2.24) is 14.5 Å². The fourth-order valence-corrected chi connectivity index (χ4v) is 5.63. The molecule has 1 saturated heterocycles. The second kappa shape index (κ2) is 9.38. The Morgan fingerprint density at radius 2 is 1.85 bits per heavy atom. The van der Waals surface area contributed by atoms with E-state index < -0.39 is 0 Å². The van der Waals surface area contributed by atoms with Gasteiger partial charge >= 0.3 is 0 Å². The minimum atomic E-state index is 0.160. The van der Waals surface area contributed by atoms with Crippen molar-refractivity contribution in [3.8, 4) is 5.75 Å². The zero-order chi connectivity index (χ0) is 22.9. The molecule has 3 aromatic rings. The highest BCUT2D eigenvalue weighted by molar-refractivity contribution is 6.32. The lowest BCUT2D eigenvalue weighted by atomic mass is 10.1. The largest absolute Gasteiger partial charge is 0.494 e. The number of amides is 1. The number of nitrogens with zero attached hydrogens (tertiary/aromatic N) is 3. The smallest absolute Gasteiger partial charge is 0.223 e. The molecule has 1 aliphatic carbocycles. The van der Waals surface area contributed by atoms with Crippen molar-refractivity contribution in [3.05, 3.63) is 58.4 Å². The Morgan fingerprint density at radius 1 is 1.12 bits per heavy atom. The predicted molar refractivity (Wildman–Crippen MR) is 132 cm³/mol. The second-order valence-corrected chi connectivity index (χ2v) is 9.95. The summed E-state index contributed by atoms with van der Waals surface area (Å²) < 4.78 is 8.36. The molecule has 5 rings (SSSR count). The number of benzene rings is 2. The standard InChI is InChI=1S/C27H32ClN3O2/c1-18-14-22(15-19(2)26(18)28)33-13-7-12-30-24-11-6-5-10-23(24)29-27(30)20-16-25(32)31(17-20)21-8-3-4-9-21/h5-6,10-11,14-15,20-21H,3-4,7-9,12-13,16-17H2,1-2H3. The zero-order valence-corrected chi connectivity index (χ0v) is 20.3. The number of imidazole rings is 1. The summed E-state index contributed by atoms with van der Waals surface area (Å²) in [5, 5.41) is 0.801. The molecule has 0 radical (unpaired) electrons. The first-order valence-electron chi connectivity index (χ1n) is 12.2. The molecule has 1 unspecified atom stereocenters. The van der Waals surface area contributed by atoms with Crippen LogP contribution in [0, 0.1) is 13.8 Å². The van der Waals surface area contributed by atoms with E-state index in [1.54, 1.807) is 0 Å². The van der Waals surface area contributed by atoms with E-state index in [-0.39, 0.29) is 5.92 Å². The van der Waals surface area contributed by atoms with Crippen LogP contribution in [0.1, 0.15) is 61.4 Å². The van der Waals surface area contributed by atoms with Gasteiger partial charge in [0, 0.05) is 36.5 Å². The third-order valence-electron chi connectivity index (χ3n) is 7.18. The average molecular weight is 466 g/mol. The fraction of sp³-hybridized carbons (Fsp3) is 0.481. The number of fused-ring (bicyclic) bond motifs is 1. The second-order valence-electron chi connectivity index (χ2n) is 9.57. The maximum Gasteiger partial charge on any atom is 0.223 e. The quantitative estimate of drug-likeness (QED) is 0.400. The van der Waals surface area contributed by atoms with E-state index in [4.69, 9.17) is 21.3 Å². The minimum Gasteiger partial charge on any atom is -0.494 e. The van der Waals surface area contributed by atoms with Crippen LogP contribution in [0.4, 0.5) is 0 Å². The number of rotatable bonds is 7. The lowest BCUT2D eigenvalue weighted by Crippen LogP contribution is -2.34. The first kappa shape index (κ1) is 22.3. The van der Waals surface area contributed by atoms with Gasteiger partial charge in [-0.05, 0) is 68.5 Å². The number of carbonyl (C=O) groups is 1. The molecule has 1 atom stereocenters.